The highest BCUT2D eigenvalue weighted by Gasteiger charge is 2.16. The van der Waals surface area contributed by atoms with Crippen molar-refractivity contribution >= 4 is 17.8 Å². The molecule has 0 amide bonds. The van der Waals surface area contributed by atoms with Gasteiger partial charge in [-0.2, -0.15) is 0 Å². The third-order valence-corrected chi connectivity index (χ3v) is 4.44. The van der Waals surface area contributed by atoms with Crippen molar-refractivity contribution in [3.05, 3.63) is 64.5 Å². The maximum atomic E-state index is 12.4. The molecule has 1 aromatic carbocycles. The van der Waals surface area contributed by atoms with Crippen molar-refractivity contribution in [1.82, 2.24) is 4.57 Å². The molecule has 0 radical (unpaired) electrons. The van der Waals surface area contributed by atoms with Gasteiger partial charge in [0.2, 0.25) is 5.78 Å². The molecule has 1 aromatic heterocycles. The predicted molar refractivity (Wildman–Crippen MR) is 106 cm³/mol. The molecule has 0 atom stereocenters. The minimum atomic E-state index is -0.530. The van der Waals surface area contributed by atoms with Crippen LogP contribution in [0.2, 0.25) is 0 Å². The first-order valence-corrected chi connectivity index (χ1v) is 9.02. The van der Waals surface area contributed by atoms with Gasteiger partial charge in [-0.15, -0.1) is 0 Å². The van der Waals surface area contributed by atoms with Gasteiger partial charge in [-0.1, -0.05) is 29.8 Å². The first-order valence-electron chi connectivity index (χ1n) is 9.02. The molecular weight excluding hydrogens is 342 g/mol. The number of carbonyl (C=O) groups excluding carboxylic acids is 2. The maximum absolute atomic E-state index is 12.4. The van der Waals surface area contributed by atoms with E-state index in [-0.39, 0.29) is 12.4 Å². The zero-order chi connectivity index (χ0) is 19.8. The number of benzene rings is 1. The van der Waals surface area contributed by atoms with E-state index in [1.54, 1.807) is 13.2 Å². The fraction of sp³-hybridized carbons (Fsp3) is 0.364. The molecule has 0 saturated heterocycles. The summed E-state index contributed by atoms with van der Waals surface area (Å²) in [4.78, 5) is 24.3. The first kappa shape index (κ1) is 20.6. The number of hydrogen-bond donors (Lipinski definition) is 0. The van der Waals surface area contributed by atoms with Gasteiger partial charge in [0.05, 0.1) is 0 Å². The lowest BCUT2D eigenvalue weighted by atomic mass is 10.1. The number of aryl methyl sites for hydroxylation is 2. The van der Waals surface area contributed by atoms with Gasteiger partial charge < -0.3 is 14.0 Å². The third-order valence-electron chi connectivity index (χ3n) is 4.44. The van der Waals surface area contributed by atoms with Crippen LogP contribution in [0.1, 0.15) is 39.3 Å². The van der Waals surface area contributed by atoms with E-state index in [1.807, 2.05) is 51.1 Å². The van der Waals surface area contributed by atoms with Crippen LogP contribution in [-0.2, 0) is 20.8 Å². The number of methoxy groups -OCH3 is 1. The van der Waals surface area contributed by atoms with Gasteiger partial charge in [0, 0.05) is 43.3 Å². The van der Waals surface area contributed by atoms with E-state index in [0.29, 0.717) is 12.2 Å². The van der Waals surface area contributed by atoms with E-state index >= 15 is 0 Å². The Labute approximate surface area is 160 Å². The van der Waals surface area contributed by atoms with Crippen molar-refractivity contribution in [2.24, 2.45) is 0 Å². The summed E-state index contributed by atoms with van der Waals surface area (Å²) >= 11 is 0. The lowest BCUT2D eigenvalue weighted by Crippen LogP contribution is -2.14. The van der Waals surface area contributed by atoms with Gasteiger partial charge in [-0.05, 0) is 44.9 Å². The molecule has 5 nitrogen and oxygen atoms in total. The van der Waals surface area contributed by atoms with Crippen LogP contribution in [0.4, 0.5) is 0 Å². The Balaban J connectivity index is 1.92. The van der Waals surface area contributed by atoms with Gasteiger partial charge in [0.1, 0.15) is 0 Å². The molecule has 0 aliphatic rings. The Morgan fingerprint density at radius 2 is 1.81 bits per heavy atom. The van der Waals surface area contributed by atoms with E-state index in [1.165, 1.54) is 6.08 Å². The highest BCUT2D eigenvalue weighted by atomic mass is 16.5. The highest BCUT2D eigenvalue weighted by Crippen LogP contribution is 2.16. The molecule has 0 unspecified atom stereocenters. The zero-order valence-corrected chi connectivity index (χ0v) is 16.5. The lowest BCUT2D eigenvalue weighted by Gasteiger charge is -2.09. The molecule has 0 fully saturated rings. The summed E-state index contributed by atoms with van der Waals surface area (Å²) < 4.78 is 12.3. The molecule has 0 spiro atoms. The minimum absolute atomic E-state index is 0.196. The van der Waals surface area contributed by atoms with Gasteiger partial charge in [-0.3, -0.25) is 4.79 Å². The Bertz CT molecular complexity index is 816. The summed E-state index contributed by atoms with van der Waals surface area (Å²) in [5.74, 6) is -0.726. The summed E-state index contributed by atoms with van der Waals surface area (Å²) in [5.41, 5.74) is 4.56. The molecular formula is C22H27NO4. The monoisotopic (exact) mass is 369 g/mol. The number of aromatic nitrogens is 1. The van der Waals surface area contributed by atoms with E-state index in [4.69, 9.17) is 9.47 Å². The largest absolute Gasteiger partial charge is 0.454 e. The van der Waals surface area contributed by atoms with E-state index in [0.717, 1.165) is 35.5 Å². The van der Waals surface area contributed by atoms with Crippen molar-refractivity contribution in [2.75, 3.05) is 20.3 Å². The van der Waals surface area contributed by atoms with Crippen LogP contribution >= 0.6 is 0 Å². The standard InChI is InChI=1S/C22H27NO4/c1-16-6-8-19(9-7-16)10-11-22(25)27-15-21(24)20-14-17(2)23(18(20)3)12-5-13-26-4/h6-11,14H,5,12-13,15H2,1-4H3/b11-10+. The Morgan fingerprint density at radius 1 is 1.11 bits per heavy atom. The van der Waals surface area contributed by atoms with Crippen LogP contribution in [0.15, 0.2) is 36.4 Å². The van der Waals surface area contributed by atoms with Crippen molar-refractivity contribution in [3.8, 4) is 0 Å². The number of hydrogen-bond acceptors (Lipinski definition) is 4. The Hall–Kier alpha value is -2.66. The number of carbonyl (C=O) groups is 2. The van der Waals surface area contributed by atoms with Gasteiger partial charge >= 0.3 is 5.97 Å². The first-order chi connectivity index (χ1) is 12.9. The normalized spacial score (nSPS) is 11.1. The SMILES string of the molecule is COCCCn1c(C)cc(C(=O)COC(=O)/C=C/c2ccc(C)cc2)c1C. The second kappa shape index (κ2) is 9.88. The molecule has 2 rings (SSSR count). The van der Waals surface area contributed by atoms with Gasteiger partial charge in [-0.25, -0.2) is 4.79 Å². The number of esters is 1. The number of nitrogens with zero attached hydrogens (tertiary/aromatic N) is 1. The van der Waals surface area contributed by atoms with Gasteiger partial charge in [0.25, 0.3) is 0 Å². The molecule has 27 heavy (non-hydrogen) atoms. The third kappa shape index (κ3) is 5.93. The average molecular weight is 369 g/mol. The van der Waals surface area contributed by atoms with Crippen LogP contribution in [0, 0.1) is 20.8 Å². The molecule has 5 heteroatoms. The second-order valence-corrected chi connectivity index (χ2v) is 6.56. The highest BCUT2D eigenvalue weighted by molar-refractivity contribution is 6.00. The predicted octanol–water partition coefficient (Wildman–Crippen LogP) is 3.89. The number of rotatable bonds is 9. The molecule has 0 saturated carbocycles. The molecule has 0 N–H and O–H groups in total. The molecule has 0 aliphatic heterocycles. The fourth-order valence-corrected chi connectivity index (χ4v) is 2.90. The van der Waals surface area contributed by atoms with Crippen molar-refractivity contribution < 1.29 is 19.1 Å². The van der Waals surface area contributed by atoms with Gasteiger partial charge in [0.15, 0.2) is 6.61 Å². The van der Waals surface area contributed by atoms with E-state index < -0.39 is 5.97 Å². The molecule has 0 aliphatic carbocycles. The van der Waals surface area contributed by atoms with Crippen LogP contribution in [0.25, 0.3) is 6.08 Å². The molecule has 0 bridgehead atoms. The number of ketones is 1. The smallest absolute Gasteiger partial charge is 0.331 e. The van der Waals surface area contributed by atoms with Crippen LogP contribution in [0.3, 0.4) is 0 Å². The Kier molecular flexibility index (Phi) is 7.55. The molecule has 2 aromatic rings. The Morgan fingerprint density at radius 3 is 2.48 bits per heavy atom. The number of ether oxygens (including phenoxy) is 2. The van der Waals surface area contributed by atoms with Crippen molar-refractivity contribution in [1.29, 1.82) is 0 Å². The topological polar surface area (TPSA) is 57.5 Å². The van der Waals surface area contributed by atoms with Crippen molar-refractivity contribution in [3.63, 3.8) is 0 Å². The van der Waals surface area contributed by atoms with E-state index in [2.05, 4.69) is 4.57 Å². The maximum Gasteiger partial charge on any atom is 0.331 e. The average Bonchev–Trinajstić information content (AvgIpc) is 2.94. The number of Topliss-reactive ketones (excluding diaryl/α,β-unsaturated/α-hetero) is 1. The second-order valence-electron chi connectivity index (χ2n) is 6.56. The zero-order valence-electron chi connectivity index (χ0n) is 16.5. The summed E-state index contributed by atoms with van der Waals surface area (Å²) in [6.45, 7) is 7.07. The minimum Gasteiger partial charge on any atom is -0.454 e. The molecule has 1 heterocycles. The summed E-state index contributed by atoms with van der Waals surface area (Å²) in [6.07, 6.45) is 3.89. The summed E-state index contributed by atoms with van der Waals surface area (Å²) in [5, 5.41) is 0. The quantitative estimate of drug-likeness (QED) is 0.291. The van der Waals surface area contributed by atoms with Crippen LogP contribution in [0.5, 0.6) is 0 Å². The fourth-order valence-electron chi connectivity index (χ4n) is 2.90. The summed E-state index contributed by atoms with van der Waals surface area (Å²) in [7, 11) is 1.67. The van der Waals surface area contributed by atoms with Crippen LogP contribution < -0.4 is 0 Å². The summed E-state index contributed by atoms with van der Waals surface area (Å²) in [6, 6.07) is 9.62. The lowest BCUT2D eigenvalue weighted by molar-refractivity contribution is -0.136. The van der Waals surface area contributed by atoms with Crippen LogP contribution in [-0.4, -0.2) is 36.6 Å². The molecule has 144 valence electrons. The van der Waals surface area contributed by atoms with Crippen molar-refractivity contribution in [2.45, 2.75) is 33.7 Å². The van der Waals surface area contributed by atoms with E-state index in [9.17, 15) is 9.59 Å².